The molecule has 6 nitrogen and oxygen atoms in total. The highest BCUT2D eigenvalue weighted by Crippen LogP contribution is 2.23. The van der Waals surface area contributed by atoms with E-state index in [4.69, 9.17) is 11.6 Å². The third-order valence-electron chi connectivity index (χ3n) is 2.91. The standard InChI is InChI=1S/C13H8ClN3O3/c14-7-3-1-6(2-4-7)9-5-8(13(19)20)10-11(15-9)16-17-12(10)18/h1-5H,(H,19,20)(H2,15,16,17,18). The fourth-order valence-electron chi connectivity index (χ4n) is 1.98. The molecule has 0 spiro atoms. The minimum atomic E-state index is -1.18. The summed E-state index contributed by atoms with van der Waals surface area (Å²) in [5, 5.41) is 14.7. The zero-order chi connectivity index (χ0) is 14.3. The number of aromatic amines is 2. The van der Waals surface area contributed by atoms with E-state index in [9.17, 15) is 14.7 Å². The quantitative estimate of drug-likeness (QED) is 0.674. The van der Waals surface area contributed by atoms with Crippen molar-refractivity contribution in [1.29, 1.82) is 0 Å². The monoisotopic (exact) mass is 289 g/mol. The van der Waals surface area contributed by atoms with Crippen molar-refractivity contribution in [1.82, 2.24) is 15.2 Å². The molecule has 0 aliphatic carbocycles. The molecule has 3 aromatic rings. The van der Waals surface area contributed by atoms with Crippen molar-refractivity contribution in [2.24, 2.45) is 0 Å². The Morgan fingerprint density at radius 3 is 2.55 bits per heavy atom. The molecule has 0 aliphatic rings. The van der Waals surface area contributed by atoms with E-state index in [1.54, 1.807) is 24.3 Å². The zero-order valence-electron chi connectivity index (χ0n) is 9.98. The summed E-state index contributed by atoms with van der Waals surface area (Å²) in [6.45, 7) is 0. The summed E-state index contributed by atoms with van der Waals surface area (Å²) in [4.78, 5) is 27.1. The third kappa shape index (κ3) is 1.96. The molecule has 0 saturated carbocycles. The van der Waals surface area contributed by atoms with Gasteiger partial charge in [0.2, 0.25) is 0 Å². The Hall–Kier alpha value is -2.60. The number of benzene rings is 1. The van der Waals surface area contributed by atoms with Crippen LogP contribution in [0.25, 0.3) is 22.3 Å². The van der Waals surface area contributed by atoms with Gasteiger partial charge in [0.1, 0.15) is 0 Å². The molecule has 0 unspecified atom stereocenters. The topological polar surface area (TPSA) is 98.8 Å². The second kappa shape index (κ2) is 4.50. The van der Waals surface area contributed by atoms with E-state index >= 15 is 0 Å². The van der Waals surface area contributed by atoms with Crippen molar-refractivity contribution in [2.75, 3.05) is 0 Å². The lowest BCUT2D eigenvalue weighted by Crippen LogP contribution is -2.06. The highest BCUT2D eigenvalue weighted by molar-refractivity contribution is 6.30. The van der Waals surface area contributed by atoms with E-state index in [0.717, 1.165) is 0 Å². The summed E-state index contributed by atoms with van der Waals surface area (Å²) in [5.41, 5.74) is 0.762. The number of hydrogen-bond acceptors (Lipinski definition) is 3. The van der Waals surface area contributed by atoms with Gasteiger partial charge in [-0.1, -0.05) is 23.7 Å². The fraction of sp³-hybridized carbons (Fsp3) is 0. The average Bonchev–Trinajstić information content (AvgIpc) is 2.80. The molecule has 0 atom stereocenters. The number of fused-ring (bicyclic) bond motifs is 1. The van der Waals surface area contributed by atoms with Crippen LogP contribution in [0.3, 0.4) is 0 Å². The number of H-pyrrole nitrogens is 2. The zero-order valence-corrected chi connectivity index (χ0v) is 10.7. The number of aromatic nitrogens is 3. The largest absolute Gasteiger partial charge is 0.478 e. The summed E-state index contributed by atoms with van der Waals surface area (Å²) in [6, 6.07) is 8.20. The van der Waals surface area contributed by atoms with E-state index in [0.29, 0.717) is 16.3 Å². The average molecular weight is 290 g/mol. The van der Waals surface area contributed by atoms with Crippen molar-refractivity contribution in [3.63, 3.8) is 0 Å². The Balaban J connectivity index is 2.30. The Kier molecular flexibility index (Phi) is 2.80. The van der Waals surface area contributed by atoms with E-state index in [1.165, 1.54) is 6.07 Å². The first kappa shape index (κ1) is 12.4. The summed E-state index contributed by atoms with van der Waals surface area (Å²) in [6.07, 6.45) is 0. The normalized spacial score (nSPS) is 10.8. The van der Waals surface area contributed by atoms with Crippen LogP contribution in [0.15, 0.2) is 35.1 Å². The lowest BCUT2D eigenvalue weighted by molar-refractivity contribution is 0.0699. The van der Waals surface area contributed by atoms with Gasteiger partial charge in [-0.2, -0.15) is 0 Å². The maximum Gasteiger partial charge on any atom is 0.336 e. The highest BCUT2D eigenvalue weighted by atomic mass is 35.5. The van der Waals surface area contributed by atoms with E-state index in [2.05, 4.69) is 15.2 Å². The van der Waals surface area contributed by atoms with Crippen LogP contribution in [0.1, 0.15) is 10.4 Å². The molecule has 0 bridgehead atoms. The number of pyridine rings is 1. The molecule has 7 heteroatoms. The highest BCUT2D eigenvalue weighted by Gasteiger charge is 2.16. The number of carboxylic acids is 1. The number of hydrogen-bond donors (Lipinski definition) is 3. The lowest BCUT2D eigenvalue weighted by Gasteiger charge is -2.03. The van der Waals surface area contributed by atoms with Gasteiger partial charge < -0.3 is 5.11 Å². The van der Waals surface area contributed by atoms with Crippen LogP contribution in [0.5, 0.6) is 0 Å². The molecule has 3 rings (SSSR count). The Labute approximate surface area is 117 Å². The number of rotatable bonds is 2. The third-order valence-corrected chi connectivity index (χ3v) is 3.16. The van der Waals surface area contributed by atoms with Gasteiger partial charge >= 0.3 is 5.97 Å². The van der Waals surface area contributed by atoms with E-state index in [-0.39, 0.29) is 16.6 Å². The summed E-state index contributed by atoms with van der Waals surface area (Å²) in [5.74, 6) is -1.18. The van der Waals surface area contributed by atoms with Crippen LogP contribution in [0.2, 0.25) is 5.02 Å². The molecule has 0 amide bonds. The summed E-state index contributed by atoms with van der Waals surface area (Å²) < 4.78 is 0. The molecule has 2 aromatic heterocycles. The molecule has 20 heavy (non-hydrogen) atoms. The van der Waals surface area contributed by atoms with Gasteiger partial charge in [-0.05, 0) is 18.2 Å². The molecule has 0 saturated heterocycles. The minimum absolute atomic E-state index is 0.0372. The van der Waals surface area contributed by atoms with Crippen LogP contribution < -0.4 is 5.56 Å². The van der Waals surface area contributed by atoms with Gasteiger partial charge in [0.15, 0.2) is 5.65 Å². The van der Waals surface area contributed by atoms with Crippen LogP contribution in [0.4, 0.5) is 0 Å². The van der Waals surface area contributed by atoms with Crippen molar-refractivity contribution >= 4 is 28.6 Å². The fourth-order valence-corrected chi connectivity index (χ4v) is 2.11. The first-order chi connectivity index (χ1) is 9.56. The van der Waals surface area contributed by atoms with Gasteiger partial charge in [-0.25, -0.2) is 9.78 Å². The molecular formula is C13H8ClN3O3. The van der Waals surface area contributed by atoms with E-state index < -0.39 is 11.5 Å². The molecule has 3 N–H and O–H groups in total. The van der Waals surface area contributed by atoms with Crippen molar-refractivity contribution in [2.45, 2.75) is 0 Å². The number of halogens is 1. The maximum absolute atomic E-state index is 11.6. The number of nitrogens with one attached hydrogen (secondary N) is 2. The molecule has 0 fully saturated rings. The van der Waals surface area contributed by atoms with Gasteiger partial charge in [0, 0.05) is 10.6 Å². The Morgan fingerprint density at radius 2 is 1.90 bits per heavy atom. The van der Waals surface area contributed by atoms with Gasteiger partial charge in [0.25, 0.3) is 5.56 Å². The predicted molar refractivity (Wildman–Crippen MR) is 74.1 cm³/mol. The first-order valence-corrected chi connectivity index (χ1v) is 6.04. The summed E-state index contributed by atoms with van der Waals surface area (Å²) >= 11 is 5.81. The van der Waals surface area contributed by atoms with Crippen LogP contribution in [-0.4, -0.2) is 26.3 Å². The Bertz CT molecular complexity index is 865. The molecule has 2 heterocycles. The van der Waals surface area contributed by atoms with Crippen molar-refractivity contribution < 1.29 is 9.90 Å². The number of carboxylic acid groups (broad SMARTS) is 1. The molecule has 100 valence electrons. The molecular weight excluding hydrogens is 282 g/mol. The SMILES string of the molecule is O=C(O)c1cc(-c2ccc(Cl)cc2)nc2[nH][nH]c(=O)c12. The van der Waals surface area contributed by atoms with Crippen LogP contribution in [0, 0.1) is 0 Å². The van der Waals surface area contributed by atoms with E-state index in [1.807, 2.05) is 0 Å². The smallest absolute Gasteiger partial charge is 0.336 e. The second-order valence-electron chi connectivity index (χ2n) is 4.17. The number of nitrogens with zero attached hydrogens (tertiary/aromatic N) is 1. The minimum Gasteiger partial charge on any atom is -0.478 e. The molecule has 0 radical (unpaired) electrons. The first-order valence-electron chi connectivity index (χ1n) is 5.67. The van der Waals surface area contributed by atoms with Crippen LogP contribution >= 0.6 is 11.6 Å². The number of carbonyl (C=O) groups is 1. The van der Waals surface area contributed by atoms with Gasteiger partial charge in [0.05, 0.1) is 16.6 Å². The number of aromatic carboxylic acids is 1. The predicted octanol–water partition coefficient (Wildman–Crippen LogP) is 2.27. The second-order valence-corrected chi connectivity index (χ2v) is 4.61. The molecule has 1 aromatic carbocycles. The van der Waals surface area contributed by atoms with Crippen molar-refractivity contribution in [3.05, 3.63) is 51.3 Å². The lowest BCUT2D eigenvalue weighted by atomic mass is 10.1. The summed E-state index contributed by atoms with van der Waals surface area (Å²) in [7, 11) is 0. The van der Waals surface area contributed by atoms with Crippen molar-refractivity contribution in [3.8, 4) is 11.3 Å². The van der Waals surface area contributed by atoms with Crippen LogP contribution in [-0.2, 0) is 0 Å². The maximum atomic E-state index is 11.6. The van der Waals surface area contributed by atoms with Gasteiger partial charge in [-0.3, -0.25) is 15.0 Å². The van der Waals surface area contributed by atoms with Gasteiger partial charge in [-0.15, -0.1) is 0 Å². The Morgan fingerprint density at radius 1 is 1.20 bits per heavy atom. The molecule has 0 aliphatic heterocycles.